The largest absolute Gasteiger partial charge is 0.469 e. The van der Waals surface area contributed by atoms with Crippen molar-refractivity contribution in [3.05, 3.63) is 12.4 Å². The van der Waals surface area contributed by atoms with Crippen LogP contribution in [-0.4, -0.2) is 24.8 Å². The van der Waals surface area contributed by atoms with Crippen molar-refractivity contribution in [3.63, 3.8) is 0 Å². The first-order chi connectivity index (χ1) is 6.22. The second-order valence-electron chi connectivity index (χ2n) is 2.15. The molecule has 0 saturated carbocycles. The van der Waals surface area contributed by atoms with Crippen molar-refractivity contribution in [2.45, 2.75) is 26.2 Å². The van der Waals surface area contributed by atoms with Gasteiger partial charge in [-0.25, -0.2) is 4.39 Å². The number of hydrogen-bond acceptors (Lipinski definition) is 3. The summed E-state index contributed by atoms with van der Waals surface area (Å²) in [6.45, 7) is 1.93. The SMILES string of the molecule is CCO.COC(=O)CCC/C=C\F. The summed E-state index contributed by atoms with van der Waals surface area (Å²) < 4.78 is 15.7. The van der Waals surface area contributed by atoms with Gasteiger partial charge in [0.25, 0.3) is 0 Å². The average molecular weight is 192 g/mol. The van der Waals surface area contributed by atoms with Gasteiger partial charge in [0.05, 0.1) is 13.4 Å². The molecule has 0 atom stereocenters. The highest BCUT2D eigenvalue weighted by Crippen LogP contribution is 1.97. The summed E-state index contributed by atoms with van der Waals surface area (Å²) in [5.41, 5.74) is 0. The standard InChI is InChI=1S/C7H11FO2.C2H6O/c1-10-7(9)5-3-2-4-6-8;1-2-3/h4,6H,2-3,5H2,1H3;3H,2H2,1H3/b6-4-;. The molecule has 0 aromatic heterocycles. The second kappa shape index (κ2) is 13.7. The fourth-order valence-electron chi connectivity index (χ4n) is 0.529. The first-order valence-corrected chi connectivity index (χ1v) is 4.15. The highest BCUT2D eigenvalue weighted by Gasteiger charge is 1.96. The Morgan fingerprint density at radius 3 is 2.54 bits per heavy atom. The van der Waals surface area contributed by atoms with Crippen molar-refractivity contribution >= 4 is 5.97 Å². The zero-order valence-corrected chi connectivity index (χ0v) is 8.12. The van der Waals surface area contributed by atoms with Crippen molar-refractivity contribution in [2.75, 3.05) is 13.7 Å². The predicted octanol–water partition coefficient (Wildman–Crippen LogP) is 1.81. The third kappa shape index (κ3) is 18.2. The van der Waals surface area contributed by atoms with E-state index >= 15 is 0 Å². The molecule has 0 unspecified atom stereocenters. The lowest BCUT2D eigenvalue weighted by molar-refractivity contribution is -0.140. The number of allylic oxidation sites excluding steroid dienone is 1. The van der Waals surface area contributed by atoms with Crippen LogP contribution in [-0.2, 0) is 9.53 Å². The van der Waals surface area contributed by atoms with E-state index in [0.29, 0.717) is 25.6 Å². The average Bonchev–Trinajstić information content (AvgIpc) is 2.13. The van der Waals surface area contributed by atoms with Gasteiger partial charge in [-0.1, -0.05) is 6.08 Å². The predicted molar refractivity (Wildman–Crippen MR) is 48.9 cm³/mol. The zero-order chi connectivity index (χ0) is 10.5. The van der Waals surface area contributed by atoms with Gasteiger partial charge in [0.2, 0.25) is 0 Å². The van der Waals surface area contributed by atoms with E-state index in [1.807, 2.05) is 0 Å². The molecule has 4 heteroatoms. The van der Waals surface area contributed by atoms with Crippen LogP contribution in [0.2, 0.25) is 0 Å². The monoisotopic (exact) mass is 192 g/mol. The molecule has 3 nitrogen and oxygen atoms in total. The molecule has 0 aromatic rings. The molecule has 0 rings (SSSR count). The van der Waals surface area contributed by atoms with Gasteiger partial charge >= 0.3 is 5.97 Å². The molecular weight excluding hydrogens is 175 g/mol. The molecule has 13 heavy (non-hydrogen) atoms. The van der Waals surface area contributed by atoms with Gasteiger partial charge in [-0.3, -0.25) is 4.79 Å². The molecular formula is C9H17FO3. The fraction of sp³-hybridized carbons (Fsp3) is 0.667. The molecule has 0 fully saturated rings. The number of aliphatic hydroxyl groups excluding tert-OH is 1. The topological polar surface area (TPSA) is 46.5 Å². The molecule has 0 aliphatic carbocycles. The van der Waals surface area contributed by atoms with Gasteiger partial charge in [0.1, 0.15) is 0 Å². The van der Waals surface area contributed by atoms with E-state index < -0.39 is 0 Å². The van der Waals surface area contributed by atoms with Gasteiger partial charge in [-0.2, -0.15) is 0 Å². The van der Waals surface area contributed by atoms with Crippen LogP contribution in [0, 0.1) is 0 Å². The Labute approximate surface area is 78.2 Å². The Bertz CT molecular complexity index is 135. The molecule has 0 radical (unpaired) electrons. The van der Waals surface area contributed by atoms with E-state index in [1.54, 1.807) is 6.92 Å². The Morgan fingerprint density at radius 2 is 2.15 bits per heavy atom. The number of carbonyl (C=O) groups is 1. The number of methoxy groups -OCH3 is 1. The third-order valence-corrected chi connectivity index (χ3v) is 1.07. The maximum atomic E-state index is 11.3. The summed E-state index contributed by atoms with van der Waals surface area (Å²) in [5, 5.41) is 7.57. The molecule has 0 saturated heterocycles. The molecule has 0 amide bonds. The normalized spacial score (nSPS) is 9.23. The fourth-order valence-corrected chi connectivity index (χ4v) is 0.529. The van der Waals surface area contributed by atoms with Crippen molar-refractivity contribution in [1.29, 1.82) is 0 Å². The smallest absolute Gasteiger partial charge is 0.305 e. The number of esters is 1. The van der Waals surface area contributed by atoms with Crippen molar-refractivity contribution < 1.29 is 19.0 Å². The molecule has 0 bridgehead atoms. The van der Waals surface area contributed by atoms with E-state index in [4.69, 9.17) is 5.11 Å². The number of hydrogen-bond donors (Lipinski definition) is 1. The van der Waals surface area contributed by atoms with Crippen LogP contribution in [0.25, 0.3) is 0 Å². The van der Waals surface area contributed by atoms with Crippen LogP contribution in [0.1, 0.15) is 26.2 Å². The lowest BCUT2D eigenvalue weighted by Gasteiger charge is -1.94. The molecule has 0 aliphatic heterocycles. The Balaban J connectivity index is 0. The minimum absolute atomic E-state index is 0.243. The summed E-state index contributed by atoms with van der Waals surface area (Å²) in [6.07, 6.45) is 3.46. The van der Waals surface area contributed by atoms with Crippen LogP contribution < -0.4 is 0 Å². The first-order valence-electron chi connectivity index (χ1n) is 4.15. The first kappa shape index (κ1) is 14.6. The Kier molecular flexibility index (Phi) is 15.4. The highest BCUT2D eigenvalue weighted by molar-refractivity contribution is 5.68. The van der Waals surface area contributed by atoms with Gasteiger partial charge < -0.3 is 9.84 Å². The quantitative estimate of drug-likeness (QED) is 0.546. The van der Waals surface area contributed by atoms with Gasteiger partial charge in [-0.05, 0) is 19.8 Å². The maximum Gasteiger partial charge on any atom is 0.305 e. The Morgan fingerprint density at radius 1 is 1.62 bits per heavy atom. The van der Waals surface area contributed by atoms with E-state index in [1.165, 1.54) is 13.2 Å². The van der Waals surface area contributed by atoms with Gasteiger partial charge in [0.15, 0.2) is 0 Å². The van der Waals surface area contributed by atoms with Crippen LogP contribution >= 0.6 is 0 Å². The molecule has 0 heterocycles. The van der Waals surface area contributed by atoms with Gasteiger partial charge in [-0.15, -0.1) is 0 Å². The zero-order valence-electron chi connectivity index (χ0n) is 8.12. The number of aliphatic hydroxyl groups is 1. The number of halogens is 1. The maximum absolute atomic E-state index is 11.3. The lowest BCUT2D eigenvalue weighted by Crippen LogP contribution is -1.98. The number of ether oxygens (including phenoxy) is 1. The minimum Gasteiger partial charge on any atom is -0.469 e. The Hall–Kier alpha value is -0.900. The summed E-state index contributed by atoms with van der Waals surface area (Å²) in [5.74, 6) is -0.243. The molecule has 0 aliphatic rings. The number of unbranched alkanes of at least 4 members (excludes halogenated alkanes) is 1. The van der Waals surface area contributed by atoms with E-state index in [9.17, 15) is 9.18 Å². The summed E-state index contributed by atoms with van der Waals surface area (Å²) in [7, 11) is 1.34. The summed E-state index contributed by atoms with van der Waals surface area (Å²) in [4.78, 5) is 10.4. The van der Waals surface area contributed by atoms with Crippen LogP contribution in [0.4, 0.5) is 4.39 Å². The van der Waals surface area contributed by atoms with Crippen molar-refractivity contribution in [2.24, 2.45) is 0 Å². The molecule has 0 spiro atoms. The molecule has 78 valence electrons. The third-order valence-electron chi connectivity index (χ3n) is 1.07. The second-order valence-corrected chi connectivity index (χ2v) is 2.15. The highest BCUT2D eigenvalue weighted by atomic mass is 19.1. The van der Waals surface area contributed by atoms with Crippen LogP contribution in [0.3, 0.4) is 0 Å². The van der Waals surface area contributed by atoms with E-state index in [-0.39, 0.29) is 12.6 Å². The minimum atomic E-state index is -0.243. The van der Waals surface area contributed by atoms with Crippen LogP contribution in [0.5, 0.6) is 0 Å². The lowest BCUT2D eigenvalue weighted by atomic mass is 10.2. The van der Waals surface area contributed by atoms with E-state index in [2.05, 4.69) is 4.74 Å². The van der Waals surface area contributed by atoms with E-state index in [0.717, 1.165) is 0 Å². The molecule has 1 N–H and O–H groups in total. The van der Waals surface area contributed by atoms with Crippen LogP contribution in [0.15, 0.2) is 12.4 Å². The summed E-state index contributed by atoms with van der Waals surface area (Å²) >= 11 is 0. The van der Waals surface area contributed by atoms with Gasteiger partial charge in [0, 0.05) is 13.0 Å². The van der Waals surface area contributed by atoms with Crippen molar-refractivity contribution in [1.82, 2.24) is 0 Å². The molecule has 0 aromatic carbocycles. The number of rotatable bonds is 4. The number of carbonyl (C=O) groups excluding carboxylic acids is 1. The van der Waals surface area contributed by atoms with Crippen molar-refractivity contribution in [3.8, 4) is 0 Å². The summed E-state index contributed by atoms with van der Waals surface area (Å²) in [6, 6.07) is 0.